The zero-order chi connectivity index (χ0) is 39.6. The number of piperidine rings is 1. The fraction of sp³-hybridized carbons (Fsp3) is 0.350. The number of aromatic amines is 1. The van der Waals surface area contributed by atoms with Gasteiger partial charge < -0.3 is 25.7 Å². The number of benzene rings is 3. The molecule has 6 amide bonds. The van der Waals surface area contributed by atoms with Gasteiger partial charge in [-0.15, -0.1) is 0 Å². The number of ether oxygens (including phenoxy) is 1. The van der Waals surface area contributed by atoms with Gasteiger partial charge in [0.05, 0.1) is 53.6 Å². The van der Waals surface area contributed by atoms with E-state index in [2.05, 4.69) is 36.2 Å². The Labute approximate surface area is 326 Å². The second-order valence-corrected chi connectivity index (χ2v) is 14.6. The third-order valence-electron chi connectivity index (χ3n) is 10.6. The Hall–Kier alpha value is -6.46. The van der Waals surface area contributed by atoms with Gasteiger partial charge in [-0.05, 0) is 73.8 Å². The molecule has 2 fully saturated rings. The van der Waals surface area contributed by atoms with Gasteiger partial charge in [-0.2, -0.15) is 5.10 Å². The summed E-state index contributed by atoms with van der Waals surface area (Å²) in [6.45, 7) is 3.54. The molecule has 57 heavy (non-hydrogen) atoms. The van der Waals surface area contributed by atoms with Gasteiger partial charge in [0.25, 0.3) is 17.7 Å². The van der Waals surface area contributed by atoms with Gasteiger partial charge in [-0.3, -0.25) is 48.6 Å². The summed E-state index contributed by atoms with van der Waals surface area (Å²) in [6, 6.07) is 15.0. The number of likely N-dealkylation sites (tertiary alicyclic amines) is 1. The molecule has 0 saturated carbocycles. The van der Waals surface area contributed by atoms with Crippen molar-refractivity contribution in [1.82, 2.24) is 40.2 Å². The van der Waals surface area contributed by atoms with Crippen molar-refractivity contribution in [2.24, 2.45) is 13.0 Å². The third-order valence-corrected chi connectivity index (χ3v) is 10.6. The number of amides is 6. The maximum Gasteiger partial charge on any atom is 0.264 e. The topological polar surface area (TPSA) is 213 Å². The maximum atomic E-state index is 13.3. The van der Waals surface area contributed by atoms with Crippen molar-refractivity contribution in [3.05, 3.63) is 83.3 Å². The van der Waals surface area contributed by atoms with Crippen LogP contribution >= 0.6 is 0 Å². The van der Waals surface area contributed by atoms with E-state index in [0.717, 1.165) is 52.2 Å². The van der Waals surface area contributed by atoms with E-state index in [1.807, 2.05) is 37.4 Å². The summed E-state index contributed by atoms with van der Waals surface area (Å²) in [4.78, 5) is 87.3. The number of nitrogens with zero attached hydrogens (tertiary/aromatic N) is 5. The van der Waals surface area contributed by atoms with Gasteiger partial charge in [0.1, 0.15) is 11.9 Å². The van der Waals surface area contributed by atoms with Crippen molar-refractivity contribution in [2.75, 3.05) is 50.0 Å². The predicted molar refractivity (Wildman–Crippen MR) is 208 cm³/mol. The van der Waals surface area contributed by atoms with E-state index in [9.17, 15) is 28.8 Å². The molecule has 3 aliphatic rings. The average Bonchev–Trinajstić information content (AvgIpc) is 3.96. The monoisotopic (exact) mass is 774 g/mol. The number of anilines is 2. The molecule has 0 spiro atoms. The van der Waals surface area contributed by atoms with Crippen LogP contribution in [0.15, 0.2) is 60.8 Å². The fourth-order valence-corrected chi connectivity index (χ4v) is 7.77. The minimum absolute atomic E-state index is 0.0363. The molecule has 5 N–H and O–H groups in total. The first-order valence-corrected chi connectivity index (χ1v) is 19.0. The second-order valence-electron chi connectivity index (χ2n) is 14.6. The van der Waals surface area contributed by atoms with E-state index in [1.165, 1.54) is 0 Å². The Morgan fingerprint density at radius 2 is 1.84 bits per heavy atom. The van der Waals surface area contributed by atoms with Crippen molar-refractivity contribution in [2.45, 2.75) is 38.3 Å². The highest BCUT2D eigenvalue weighted by atomic mass is 16.5. The van der Waals surface area contributed by atoms with E-state index in [1.54, 1.807) is 35.1 Å². The Morgan fingerprint density at radius 1 is 0.982 bits per heavy atom. The standard InChI is InChI=1S/C40H42N10O7/c1-48-31-8-5-24(18-25(31)20-43-48)37(53)44-26-6-7-28-30(19-26)46-33(45-28)22-49-14-11-23(21-49)17-35(52)42-13-16-57-15-12-41-29-4-2-3-27-36(29)40(56)50(39(27)55)32-9-10-34(51)47-38(32)54/h2-8,18-20,23,32,41H,9-17,21-22H2,1H3,(H,42,52)(H,44,53)(H,45,46)(H,47,51,54). The molecule has 2 saturated heterocycles. The average molecular weight is 775 g/mol. The third kappa shape index (κ3) is 7.97. The van der Waals surface area contributed by atoms with Gasteiger partial charge in [0.15, 0.2) is 0 Å². The summed E-state index contributed by atoms with van der Waals surface area (Å²) < 4.78 is 7.45. The Kier molecular flexibility index (Phi) is 10.5. The van der Waals surface area contributed by atoms with Crippen LogP contribution in [0.3, 0.4) is 0 Å². The number of aromatic nitrogens is 4. The van der Waals surface area contributed by atoms with Crippen molar-refractivity contribution in [3.8, 4) is 0 Å². The number of H-pyrrole nitrogens is 1. The molecule has 0 radical (unpaired) electrons. The molecule has 17 heteroatoms. The number of carbonyl (C=O) groups excluding carboxylic acids is 6. The van der Waals surface area contributed by atoms with Crippen LogP contribution in [-0.4, -0.2) is 110 Å². The molecule has 0 aliphatic carbocycles. The van der Waals surface area contributed by atoms with Gasteiger partial charge in [0.2, 0.25) is 17.7 Å². The number of aryl methyl sites for hydroxylation is 1. The molecule has 5 aromatic rings. The molecule has 2 aromatic heterocycles. The summed E-state index contributed by atoms with van der Waals surface area (Å²) in [5.74, 6) is -1.43. The number of fused-ring (bicyclic) bond motifs is 3. The van der Waals surface area contributed by atoms with Crippen LogP contribution in [0.4, 0.5) is 11.4 Å². The lowest BCUT2D eigenvalue weighted by Gasteiger charge is -2.27. The molecule has 0 bridgehead atoms. The normalized spacial score (nSPS) is 18.4. The van der Waals surface area contributed by atoms with Crippen LogP contribution in [0.1, 0.15) is 62.6 Å². The van der Waals surface area contributed by atoms with Gasteiger partial charge in [-0.1, -0.05) is 6.07 Å². The predicted octanol–water partition coefficient (Wildman–Crippen LogP) is 2.56. The lowest BCUT2D eigenvalue weighted by atomic mass is 10.0. The van der Waals surface area contributed by atoms with Crippen LogP contribution < -0.4 is 21.3 Å². The van der Waals surface area contributed by atoms with E-state index in [4.69, 9.17) is 9.72 Å². The summed E-state index contributed by atoms with van der Waals surface area (Å²) in [5, 5.41) is 16.4. The maximum absolute atomic E-state index is 13.3. The molecule has 3 aliphatic heterocycles. The number of hydrogen-bond donors (Lipinski definition) is 5. The lowest BCUT2D eigenvalue weighted by Crippen LogP contribution is -2.54. The molecular weight excluding hydrogens is 733 g/mol. The minimum Gasteiger partial charge on any atom is -0.382 e. The summed E-state index contributed by atoms with van der Waals surface area (Å²) in [6.07, 6.45) is 3.19. The smallest absolute Gasteiger partial charge is 0.264 e. The molecule has 3 aromatic carbocycles. The van der Waals surface area contributed by atoms with Crippen molar-refractivity contribution >= 4 is 68.8 Å². The Morgan fingerprint density at radius 3 is 2.70 bits per heavy atom. The highest BCUT2D eigenvalue weighted by Gasteiger charge is 2.45. The van der Waals surface area contributed by atoms with Crippen LogP contribution in [-0.2, 0) is 32.7 Å². The van der Waals surface area contributed by atoms with Crippen LogP contribution in [0.2, 0.25) is 0 Å². The van der Waals surface area contributed by atoms with Crippen LogP contribution in [0, 0.1) is 5.92 Å². The van der Waals surface area contributed by atoms with E-state index in [-0.39, 0.29) is 48.3 Å². The van der Waals surface area contributed by atoms with Gasteiger partial charge in [0, 0.05) is 61.8 Å². The molecular formula is C40H42N10O7. The molecule has 2 unspecified atom stereocenters. The number of hydrogen-bond acceptors (Lipinski definition) is 11. The van der Waals surface area contributed by atoms with Crippen LogP contribution in [0.25, 0.3) is 21.9 Å². The molecule has 294 valence electrons. The van der Waals surface area contributed by atoms with Crippen molar-refractivity contribution < 1.29 is 33.5 Å². The van der Waals surface area contributed by atoms with Crippen molar-refractivity contribution in [1.29, 1.82) is 0 Å². The largest absolute Gasteiger partial charge is 0.382 e. The quantitative estimate of drug-likeness (QED) is 0.0817. The number of carbonyl (C=O) groups is 6. The zero-order valence-corrected chi connectivity index (χ0v) is 31.3. The minimum atomic E-state index is -1.03. The number of imidazole rings is 1. The Bertz CT molecular complexity index is 2420. The molecule has 5 heterocycles. The first-order valence-electron chi connectivity index (χ1n) is 19.0. The zero-order valence-electron chi connectivity index (χ0n) is 31.3. The highest BCUT2D eigenvalue weighted by Crippen LogP contribution is 2.32. The SMILES string of the molecule is Cn1ncc2cc(C(=O)Nc3ccc4[nH]c(CN5CCC(CC(=O)NCCOCCNc6cccc7c6C(=O)N(C6CCC(=O)NC6=O)C7=O)C5)nc4c3)ccc21. The lowest BCUT2D eigenvalue weighted by molar-refractivity contribution is -0.136. The number of nitrogens with one attached hydrogen (secondary N) is 5. The van der Waals surface area contributed by atoms with E-state index >= 15 is 0 Å². The molecule has 2 atom stereocenters. The van der Waals surface area contributed by atoms with Crippen LogP contribution in [0.5, 0.6) is 0 Å². The fourth-order valence-electron chi connectivity index (χ4n) is 7.77. The first-order chi connectivity index (χ1) is 27.6. The summed E-state index contributed by atoms with van der Waals surface area (Å²) >= 11 is 0. The number of rotatable bonds is 14. The van der Waals surface area contributed by atoms with Gasteiger partial charge >= 0.3 is 0 Å². The molecule has 8 rings (SSSR count). The van der Waals surface area contributed by atoms with Gasteiger partial charge in [-0.25, -0.2) is 4.98 Å². The summed E-state index contributed by atoms with van der Waals surface area (Å²) in [7, 11) is 1.86. The number of imide groups is 2. The van der Waals surface area contributed by atoms with Crippen molar-refractivity contribution in [3.63, 3.8) is 0 Å². The Balaban J connectivity index is 0.733. The second kappa shape index (κ2) is 16.0. The highest BCUT2D eigenvalue weighted by molar-refractivity contribution is 6.25. The van der Waals surface area contributed by atoms with E-state index in [0.29, 0.717) is 49.6 Å². The molecule has 17 nitrogen and oxygen atoms in total. The first kappa shape index (κ1) is 37.5. The van der Waals surface area contributed by atoms with E-state index < -0.39 is 29.7 Å². The summed E-state index contributed by atoms with van der Waals surface area (Å²) in [5.41, 5.74) is 4.63.